The van der Waals surface area contributed by atoms with E-state index in [4.69, 9.17) is 0 Å². The Balaban J connectivity index is 2.51. The van der Waals surface area contributed by atoms with E-state index < -0.39 is 5.97 Å². The summed E-state index contributed by atoms with van der Waals surface area (Å²) >= 11 is 1.46. The second kappa shape index (κ2) is 4.89. The fourth-order valence-electron chi connectivity index (χ4n) is 1.76. The molecule has 2 rings (SSSR count). The van der Waals surface area contributed by atoms with Gasteiger partial charge in [-0.3, -0.25) is 0 Å². The van der Waals surface area contributed by atoms with Gasteiger partial charge in [-0.15, -0.1) is 11.8 Å². The summed E-state index contributed by atoms with van der Waals surface area (Å²) in [7, 11) is 0. The van der Waals surface area contributed by atoms with Crippen LogP contribution >= 0.6 is 11.8 Å². The van der Waals surface area contributed by atoms with Gasteiger partial charge < -0.3 is 10.4 Å². The number of rotatable bonds is 4. The number of nitrogens with one attached hydrogen (secondary N) is 1. The van der Waals surface area contributed by atoms with Crippen molar-refractivity contribution in [3.63, 3.8) is 0 Å². The van der Waals surface area contributed by atoms with Crippen LogP contribution in [0.2, 0.25) is 0 Å². The van der Waals surface area contributed by atoms with Gasteiger partial charge in [-0.1, -0.05) is 13.5 Å². The lowest BCUT2D eigenvalue weighted by atomic mass is 10.2. The monoisotopic (exact) mass is 265 g/mol. The minimum atomic E-state index is -0.968. The Hall–Kier alpha value is -1.69. The van der Waals surface area contributed by atoms with Crippen LogP contribution in [0.3, 0.4) is 0 Å². The van der Waals surface area contributed by atoms with Crippen LogP contribution in [0.1, 0.15) is 30.6 Å². The summed E-state index contributed by atoms with van der Waals surface area (Å²) in [6, 6.07) is 0. The number of thioether (sulfide) groups is 1. The maximum absolute atomic E-state index is 11.4. The summed E-state index contributed by atoms with van der Waals surface area (Å²) in [5.41, 5.74) is 1.76. The number of fused-ring (bicyclic) bond motifs is 1. The van der Waals surface area contributed by atoms with Gasteiger partial charge in [-0.2, -0.15) is 5.10 Å². The van der Waals surface area contributed by atoms with Crippen molar-refractivity contribution in [2.45, 2.75) is 25.3 Å². The molecule has 0 bridgehead atoms. The van der Waals surface area contributed by atoms with Crippen molar-refractivity contribution >= 4 is 29.2 Å². The highest BCUT2D eigenvalue weighted by atomic mass is 32.2. The molecule has 96 valence electrons. The molecule has 0 atom stereocenters. The van der Waals surface area contributed by atoms with E-state index in [9.17, 15) is 9.90 Å². The van der Waals surface area contributed by atoms with Crippen molar-refractivity contribution in [2.75, 3.05) is 11.1 Å². The highest BCUT2D eigenvalue weighted by Gasteiger charge is 2.26. The number of carbonyl (C=O) groups is 1. The Bertz CT molecular complexity index is 546. The number of anilines is 1. The van der Waals surface area contributed by atoms with E-state index in [0.29, 0.717) is 16.5 Å². The van der Waals surface area contributed by atoms with Crippen LogP contribution in [0.15, 0.2) is 23.4 Å². The fourth-order valence-corrected chi connectivity index (χ4v) is 2.63. The summed E-state index contributed by atoms with van der Waals surface area (Å²) in [5.74, 6) is 0.372. The van der Waals surface area contributed by atoms with Crippen molar-refractivity contribution in [3.8, 4) is 0 Å². The largest absolute Gasteiger partial charge is 0.477 e. The Morgan fingerprint density at radius 3 is 3.00 bits per heavy atom. The number of aromatic carboxylic acids is 1. The van der Waals surface area contributed by atoms with E-state index in [1.54, 1.807) is 4.68 Å². The molecule has 0 unspecified atom stereocenters. The average molecular weight is 265 g/mol. The summed E-state index contributed by atoms with van der Waals surface area (Å²) < 4.78 is 1.62. The molecule has 18 heavy (non-hydrogen) atoms. The highest BCUT2D eigenvalue weighted by Crippen LogP contribution is 2.33. The quantitative estimate of drug-likeness (QED) is 0.819. The molecule has 0 fully saturated rings. The van der Waals surface area contributed by atoms with Crippen LogP contribution in [-0.4, -0.2) is 26.6 Å². The third kappa shape index (κ3) is 2.15. The SMILES string of the molecule is C=C1C=C(C)n2nc(SCCC)c(C(=O)O)c2N1. The predicted molar refractivity (Wildman–Crippen MR) is 72.9 cm³/mol. The normalized spacial score (nSPS) is 13.9. The van der Waals surface area contributed by atoms with Gasteiger partial charge in [0.2, 0.25) is 0 Å². The Labute approximate surface area is 110 Å². The van der Waals surface area contributed by atoms with Gasteiger partial charge in [0.25, 0.3) is 0 Å². The molecule has 6 heteroatoms. The number of allylic oxidation sites excluding steroid dienone is 2. The molecular weight excluding hydrogens is 250 g/mol. The van der Waals surface area contributed by atoms with Gasteiger partial charge in [-0.25, -0.2) is 9.48 Å². The van der Waals surface area contributed by atoms with E-state index in [1.165, 1.54) is 11.8 Å². The van der Waals surface area contributed by atoms with Crippen LogP contribution in [0.5, 0.6) is 0 Å². The first-order valence-electron chi connectivity index (χ1n) is 5.68. The standard InChI is InChI=1S/C12H15N3O2S/c1-4-5-18-11-9(12(16)17)10-13-7(2)6-8(3)15(10)14-11/h6,13H,2,4-5H2,1,3H3,(H,16,17). The van der Waals surface area contributed by atoms with Gasteiger partial charge in [0, 0.05) is 11.4 Å². The summed E-state index contributed by atoms with van der Waals surface area (Å²) in [4.78, 5) is 11.4. The Morgan fingerprint density at radius 1 is 1.67 bits per heavy atom. The van der Waals surface area contributed by atoms with E-state index >= 15 is 0 Å². The van der Waals surface area contributed by atoms with Crippen molar-refractivity contribution in [2.24, 2.45) is 0 Å². The Morgan fingerprint density at radius 2 is 2.39 bits per heavy atom. The van der Waals surface area contributed by atoms with Crippen molar-refractivity contribution in [3.05, 3.63) is 23.9 Å². The molecule has 0 saturated heterocycles. The van der Waals surface area contributed by atoms with Gasteiger partial charge in [0.05, 0.1) is 0 Å². The third-order valence-corrected chi connectivity index (χ3v) is 3.68. The predicted octanol–water partition coefficient (Wildman–Crippen LogP) is 2.88. The third-order valence-electron chi connectivity index (χ3n) is 2.51. The lowest BCUT2D eigenvalue weighted by Crippen LogP contribution is -2.13. The van der Waals surface area contributed by atoms with Gasteiger partial charge in [-0.05, 0) is 25.2 Å². The second-order valence-electron chi connectivity index (χ2n) is 4.03. The molecular formula is C12H15N3O2S. The topological polar surface area (TPSA) is 67.2 Å². The van der Waals surface area contributed by atoms with Gasteiger partial charge in [0.1, 0.15) is 16.4 Å². The molecule has 1 aromatic rings. The molecule has 0 amide bonds. The summed E-state index contributed by atoms with van der Waals surface area (Å²) in [6.45, 7) is 7.73. The number of carboxylic acids is 1. The number of aromatic nitrogens is 2. The van der Waals surface area contributed by atoms with Crippen molar-refractivity contribution in [1.29, 1.82) is 0 Å². The van der Waals surface area contributed by atoms with E-state index in [-0.39, 0.29) is 5.56 Å². The van der Waals surface area contributed by atoms with Crippen LogP contribution in [0.25, 0.3) is 5.70 Å². The average Bonchev–Trinajstić information content (AvgIpc) is 2.64. The summed E-state index contributed by atoms with van der Waals surface area (Å²) in [5, 5.41) is 17.2. The van der Waals surface area contributed by atoms with Gasteiger partial charge >= 0.3 is 5.97 Å². The van der Waals surface area contributed by atoms with Crippen LogP contribution in [0, 0.1) is 0 Å². The lowest BCUT2D eigenvalue weighted by Gasteiger charge is -2.16. The minimum Gasteiger partial charge on any atom is -0.477 e. The highest BCUT2D eigenvalue weighted by molar-refractivity contribution is 7.99. The van der Waals surface area contributed by atoms with Crippen LogP contribution in [0.4, 0.5) is 5.82 Å². The summed E-state index contributed by atoms with van der Waals surface area (Å²) in [6.07, 6.45) is 2.81. The van der Waals surface area contributed by atoms with E-state index in [1.807, 2.05) is 13.0 Å². The number of nitrogens with zero attached hydrogens (tertiary/aromatic N) is 2. The molecule has 0 aromatic carbocycles. The maximum Gasteiger partial charge on any atom is 0.342 e. The molecule has 0 aliphatic carbocycles. The second-order valence-corrected chi connectivity index (χ2v) is 5.11. The first kappa shape index (κ1) is 12.8. The molecule has 1 aliphatic rings. The molecule has 0 saturated carbocycles. The van der Waals surface area contributed by atoms with E-state index in [2.05, 4.69) is 23.9 Å². The molecule has 1 aromatic heterocycles. The van der Waals surface area contributed by atoms with Gasteiger partial charge in [0.15, 0.2) is 0 Å². The van der Waals surface area contributed by atoms with E-state index in [0.717, 1.165) is 17.9 Å². The molecule has 0 radical (unpaired) electrons. The lowest BCUT2D eigenvalue weighted by molar-refractivity contribution is 0.0694. The zero-order valence-corrected chi connectivity index (χ0v) is 11.2. The first-order chi connectivity index (χ1) is 8.54. The molecule has 5 nitrogen and oxygen atoms in total. The molecule has 2 N–H and O–H groups in total. The first-order valence-corrected chi connectivity index (χ1v) is 6.66. The zero-order chi connectivity index (χ0) is 13.3. The Kier molecular flexibility index (Phi) is 3.47. The molecule has 0 spiro atoms. The smallest absolute Gasteiger partial charge is 0.342 e. The number of hydrogen-bond donors (Lipinski definition) is 2. The van der Waals surface area contributed by atoms with Crippen LogP contribution in [-0.2, 0) is 0 Å². The maximum atomic E-state index is 11.4. The van der Waals surface area contributed by atoms with Crippen LogP contribution < -0.4 is 5.32 Å². The molecule has 1 aliphatic heterocycles. The number of hydrogen-bond acceptors (Lipinski definition) is 4. The van der Waals surface area contributed by atoms with Crippen molar-refractivity contribution in [1.82, 2.24) is 9.78 Å². The minimum absolute atomic E-state index is 0.224. The molecule has 2 heterocycles. The zero-order valence-electron chi connectivity index (χ0n) is 10.4. The fraction of sp³-hybridized carbons (Fsp3) is 0.333. The van der Waals surface area contributed by atoms with Crippen molar-refractivity contribution < 1.29 is 9.90 Å². The number of carboxylic acid groups (broad SMARTS) is 1.